The van der Waals surface area contributed by atoms with Crippen LogP contribution >= 0.6 is 23.2 Å². The number of ether oxygens (including phenoxy) is 2. The second-order valence-electron chi connectivity index (χ2n) is 3.92. The third-order valence-electron chi connectivity index (χ3n) is 2.25. The van der Waals surface area contributed by atoms with Crippen LogP contribution in [0.2, 0.25) is 10.0 Å². The first-order chi connectivity index (χ1) is 9.51. The second kappa shape index (κ2) is 8.79. The van der Waals surface area contributed by atoms with Crippen LogP contribution in [0.4, 0.5) is 5.69 Å². The maximum atomic E-state index is 11.6. The number of amides is 1. The molecule has 0 aromatic heterocycles. The van der Waals surface area contributed by atoms with E-state index in [4.69, 9.17) is 32.7 Å². The first-order valence-corrected chi connectivity index (χ1v) is 6.67. The smallest absolute Gasteiger partial charge is 0.306 e. The molecule has 0 aliphatic heterocycles. The van der Waals surface area contributed by atoms with E-state index in [1.54, 1.807) is 18.2 Å². The van der Waals surface area contributed by atoms with E-state index in [9.17, 15) is 9.59 Å². The molecule has 7 heteroatoms. The lowest BCUT2D eigenvalue weighted by molar-refractivity contribution is -0.145. The lowest BCUT2D eigenvalue weighted by Gasteiger charge is -2.07. The van der Waals surface area contributed by atoms with Gasteiger partial charge in [0.2, 0.25) is 5.91 Å². The Kier molecular flexibility index (Phi) is 7.36. The van der Waals surface area contributed by atoms with Crippen LogP contribution in [-0.4, -0.2) is 32.2 Å². The lowest BCUT2D eigenvalue weighted by atomic mass is 10.2. The number of nitrogens with one attached hydrogen (secondary N) is 1. The van der Waals surface area contributed by atoms with E-state index >= 15 is 0 Å². The summed E-state index contributed by atoms with van der Waals surface area (Å²) in [7, 11) is 1.51. The molecule has 20 heavy (non-hydrogen) atoms. The van der Waals surface area contributed by atoms with Crippen molar-refractivity contribution < 1.29 is 19.1 Å². The summed E-state index contributed by atoms with van der Waals surface area (Å²) in [6, 6.07) is 4.70. The predicted octanol–water partition coefficient (Wildman–Crippen LogP) is 2.90. The first-order valence-electron chi connectivity index (χ1n) is 5.92. The van der Waals surface area contributed by atoms with E-state index in [0.717, 1.165) is 0 Å². The van der Waals surface area contributed by atoms with Crippen LogP contribution in [0, 0.1) is 0 Å². The van der Waals surface area contributed by atoms with Crippen LogP contribution in [-0.2, 0) is 19.1 Å². The van der Waals surface area contributed by atoms with Crippen molar-refractivity contribution in [1.29, 1.82) is 0 Å². The minimum absolute atomic E-state index is 0.00381. The molecule has 1 amide bonds. The number of hydrogen-bond acceptors (Lipinski definition) is 4. The van der Waals surface area contributed by atoms with Crippen molar-refractivity contribution in [3.63, 3.8) is 0 Å². The molecule has 0 spiro atoms. The highest BCUT2D eigenvalue weighted by Crippen LogP contribution is 2.22. The Morgan fingerprint density at radius 3 is 2.35 bits per heavy atom. The summed E-state index contributed by atoms with van der Waals surface area (Å²) < 4.78 is 9.57. The predicted molar refractivity (Wildman–Crippen MR) is 77.2 cm³/mol. The molecule has 1 N–H and O–H groups in total. The number of anilines is 1. The molecule has 0 unspecified atom stereocenters. The summed E-state index contributed by atoms with van der Waals surface area (Å²) >= 11 is 11.6. The van der Waals surface area contributed by atoms with Gasteiger partial charge in [0.05, 0.1) is 13.0 Å². The first kappa shape index (κ1) is 16.8. The van der Waals surface area contributed by atoms with Gasteiger partial charge in [-0.1, -0.05) is 23.2 Å². The van der Waals surface area contributed by atoms with E-state index < -0.39 is 5.97 Å². The van der Waals surface area contributed by atoms with Crippen LogP contribution in [0.25, 0.3) is 0 Å². The van der Waals surface area contributed by atoms with Crippen molar-refractivity contribution in [2.45, 2.75) is 12.8 Å². The van der Waals surface area contributed by atoms with Crippen molar-refractivity contribution in [1.82, 2.24) is 0 Å². The number of carbonyl (C=O) groups excluding carboxylic acids is 2. The highest BCUT2D eigenvalue weighted by Gasteiger charge is 2.09. The van der Waals surface area contributed by atoms with Crippen LogP contribution < -0.4 is 5.32 Å². The SMILES string of the molecule is COCCOC(=O)CCC(=O)Nc1cc(Cl)cc(Cl)c1. The monoisotopic (exact) mass is 319 g/mol. The molecule has 0 aliphatic carbocycles. The second-order valence-corrected chi connectivity index (χ2v) is 4.79. The normalized spacial score (nSPS) is 10.2. The highest BCUT2D eigenvalue weighted by molar-refractivity contribution is 6.35. The van der Waals surface area contributed by atoms with E-state index in [-0.39, 0.29) is 25.4 Å². The fraction of sp³-hybridized carbons (Fsp3) is 0.385. The average molecular weight is 320 g/mol. The molecule has 1 aromatic carbocycles. The zero-order chi connectivity index (χ0) is 15.0. The zero-order valence-corrected chi connectivity index (χ0v) is 12.5. The van der Waals surface area contributed by atoms with Crippen molar-refractivity contribution in [2.24, 2.45) is 0 Å². The number of esters is 1. The summed E-state index contributed by atoms with van der Waals surface area (Å²) in [6.07, 6.45) is 0.0276. The molecular formula is C13H15Cl2NO4. The van der Waals surface area contributed by atoms with Gasteiger partial charge in [0.15, 0.2) is 0 Å². The molecule has 1 aromatic rings. The summed E-state index contributed by atoms with van der Waals surface area (Å²) in [6.45, 7) is 0.514. The molecular weight excluding hydrogens is 305 g/mol. The van der Waals surface area contributed by atoms with Gasteiger partial charge in [-0.15, -0.1) is 0 Å². The Hall–Kier alpha value is -1.30. The molecule has 0 fully saturated rings. The van der Waals surface area contributed by atoms with Crippen molar-refractivity contribution in [3.05, 3.63) is 28.2 Å². The summed E-state index contributed by atoms with van der Waals surface area (Å²) in [5.41, 5.74) is 0.486. The van der Waals surface area contributed by atoms with Gasteiger partial charge in [0.1, 0.15) is 6.61 Å². The van der Waals surface area contributed by atoms with Gasteiger partial charge >= 0.3 is 5.97 Å². The topological polar surface area (TPSA) is 64.6 Å². The van der Waals surface area contributed by atoms with Crippen molar-refractivity contribution in [2.75, 3.05) is 25.6 Å². The molecule has 0 aliphatic rings. The Morgan fingerprint density at radius 1 is 1.10 bits per heavy atom. The van der Waals surface area contributed by atoms with Gasteiger partial charge in [0, 0.05) is 29.3 Å². The van der Waals surface area contributed by atoms with Gasteiger partial charge in [-0.05, 0) is 18.2 Å². The van der Waals surface area contributed by atoms with E-state index in [1.165, 1.54) is 7.11 Å². The fourth-order valence-corrected chi connectivity index (χ4v) is 1.90. The van der Waals surface area contributed by atoms with Crippen LogP contribution in [0.15, 0.2) is 18.2 Å². The fourth-order valence-electron chi connectivity index (χ4n) is 1.38. The quantitative estimate of drug-likeness (QED) is 0.620. The number of hydrogen-bond donors (Lipinski definition) is 1. The summed E-state index contributed by atoms with van der Waals surface area (Å²) in [4.78, 5) is 22.9. The van der Waals surface area contributed by atoms with E-state index in [2.05, 4.69) is 5.32 Å². The molecule has 5 nitrogen and oxygen atoms in total. The lowest BCUT2D eigenvalue weighted by Crippen LogP contribution is -2.15. The van der Waals surface area contributed by atoms with Gasteiger partial charge in [-0.3, -0.25) is 9.59 Å². The zero-order valence-electron chi connectivity index (χ0n) is 10.9. The minimum atomic E-state index is -0.443. The molecule has 0 bridgehead atoms. The number of rotatable bonds is 7. The number of halogens is 2. The molecule has 110 valence electrons. The van der Waals surface area contributed by atoms with Gasteiger partial charge in [0.25, 0.3) is 0 Å². The van der Waals surface area contributed by atoms with Gasteiger partial charge < -0.3 is 14.8 Å². The average Bonchev–Trinajstić information content (AvgIpc) is 2.35. The largest absolute Gasteiger partial charge is 0.463 e. The Morgan fingerprint density at radius 2 is 1.75 bits per heavy atom. The van der Waals surface area contributed by atoms with E-state index in [0.29, 0.717) is 22.3 Å². The number of benzene rings is 1. The summed E-state index contributed by atoms with van der Waals surface area (Å²) in [5.74, 6) is -0.756. The Labute approximate surface area is 127 Å². The molecule has 0 saturated heterocycles. The van der Waals surface area contributed by atoms with Gasteiger partial charge in [-0.2, -0.15) is 0 Å². The molecule has 0 saturated carbocycles. The van der Waals surface area contributed by atoms with Crippen LogP contribution in [0.1, 0.15) is 12.8 Å². The van der Waals surface area contributed by atoms with Crippen LogP contribution in [0.5, 0.6) is 0 Å². The third-order valence-corrected chi connectivity index (χ3v) is 2.69. The maximum absolute atomic E-state index is 11.6. The standard InChI is InChI=1S/C13H15Cl2NO4/c1-19-4-5-20-13(18)3-2-12(17)16-11-7-9(14)6-10(15)8-11/h6-8H,2-5H2,1H3,(H,16,17). The number of carbonyl (C=O) groups is 2. The molecule has 0 radical (unpaired) electrons. The Balaban J connectivity index is 2.34. The maximum Gasteiger partial charge on any atom is 0.306 e. The van der Waals surface area contributed by atoms with Crippen LogP contribution in [0.3, 0.4) is 0 Å². The van der Waals surface area contributed by atoms with Crippen molar-refractivity contribution in [3.8, 4) is 0 Å². The van der Waals surface area contributed by atoms with Crippen molar-refractivity contribution >= 4 is 40.8 Å². The van der Waals surface area contributed by atoms with Gasteiger partial charge in [-0.25, -0.2) is 0 Å². The highest BCUT2D eigenvalue weighted by atomic mass is 35.5. The van der Waals surface area contributed by atoms with E-state index in [1.807, 2.05) is 0 Å². The minimum Gasteiger partial charge on any atom is -0.463 e. The molecule has 0 heterocycles. The Bertz CT molecular complexity index is 459. The molecule has 1 rings (SSSR count). The third kappa shape index (κ3) is 6.75. The summed E-state index contributed by atoms with van der Waals surface area (Å²) in [5, 5.41) is 3.45. The number of methoxy groups -OCH3 is 1. The molecule has 0 atom stereocenters.